The van der Waals surface area contributed by atoms with Crippen molar-refractivity contribution in [1.82, 2.24) is 5.32 Å². The van der Waals surface area contributed by atoms with Crippen molar-refractivity contribution in [2.24, 2.45) is 5.41 Å². The van der Waals surface area contributed by atoms with Crippen LogP contribution in [0.1, 0.15) is 63.5 Å². The van der Waals surface area contributed by atoms with Gasteiger partial charge in [-0.1, -0.05) is 45.0 Å². The molecule has 0 bridgehead atoms. The van der Waals surface area contributed by atoms with Crippen molar-refractivity contribution < 1.29 is 0 Å². The van der Waals surface area contributed by atoms with Crippen molar-refractivity contribution in [2.75, 3.05) is 13.1 Å². The van der Waals surface area contributed by atoms with Gasteiger partial charge in [-0.05, 0) is 67.7 Å². The summed E-state index contributed by atoms with van der Waals surface area (Å²) in [5, 5.41) is 3.46. The third kappa shape index (κ3) is 4.07. The van der Waals surface area contributed by atoms with Gasteiger partial charge in [0.1, 0.15) is 0 Å². The first-order valence-electron chi connectivity index (χ1n) is 7.91. The van der Waals surface area contributed by atoms with E-state index in [1.807, 2.05) is 0 Å². The molecule has 2 rings (SSSR count). The summed E-state index contributed by atoms with van der Waals surface area (Å²) < 4.78 is 0. The average Bonchev–Trinajstić information content (AvgIpc) is 2.39. The number of fused-ring (bicyclic) bond motifs is 1. The number of rotatable bonds is 6. The summed E-state index contributed by atoms with van der Waals surface area (Å²) in [6.45, 7) is 9.29. The highest BCUT2D eigenvalue weighted by Gasteiger charge is 2.27. The van der Waals surface area contributed by atoms with Crippen LogP contribution in [-0.2, 0) is 6.42 Å². The van der Waals surface area contributed by atoms with Crippen LogP contribution >= 0.6 is 0 Å². The fourth-order valence-corrected chi connectivity index (χ4v) is 3.44. The molecule has 0 saturated carbocycles. The van der Waals surface area contributed by atoms with E-state index in [1.54, 1.807) is 11.1 Å². The minimum atomic E-state index is 0.442. The van der Waals surface area contributed by atoms with Gasteiger partial charge in [0.15, 0.2) is 0 Å². The number of hydrogen-bond acceptors (Lipinski definition) is 1. The lowest BCUT2D eigenvalue weighted by Crippen LogP contribution is -2.25. The summed E-state index contributed by atoms with van der Waals surface area (Å²) in [6, 6.07) is 9.09. The topological polar surface area (TPSA) is 12.0 Å². The van der Waals surface area contributed by atoms with E-state index in [0.29, 0.717) is 5.41 Å². The van der Waals surface area contributed by atoms with E-state index in [-0.39, 0.29) is 0 Å². The molecule has 0 aliphatic heterocycles. The normalized spacial score (nSPS) is 19.2. The van der Waals surface area contributed by atoms with Gasteiger partial charge in [0.2, 0.25) is 0 Å². The molecule has 1 aliphatic carbocycles. The molecule has 1 aromatic rings. The Hall–Kier alpha value is -0.820. The molecule has 1 heteroatoms. The molecule has 1 aromatic carbocycles. The number of benzene rings is 1. The van der Waals surface area contributed by atoms with Crippen molar-refractivity contribution in [2.45, 2.75) is 58.8 Å². The number of aryl methyl sites for hydroxylation is 1. The Morgan fingerprint density at radius 1 is 1.26 bits per heavy atom. The first-order chi connectivity index (χ1) is 9.12. The van der Waals surface area contributed by atoms with Crippen molar-refractivity contribution >= 4 is 0 Å². The Bertz CT molecular complexity index is 394. The van der Waals surface area contributed by atoms with Gasteiger partial charge in [0, 0.05) is 0 Å². The zero-order valence-electron chi connectivity index (χ0n) is 12.8. The molecule has 1 N–H and O–H groups in total. The number of nitrogens with one attached hydrogen (secondary N) is 1. The standard InChI is InChI=1S/C18H29N/c1-4-19-13-12-18(2,3)14-16-10-7-9-15-8-5-6-11-17(15)16/h5-6,8,11,16,19H,4,7,9-10,12-14H2,1-3H3. The average molecular weight is 259 g/mol. The molecule has 0 saturated heterocycles. The smallest absolute Gasteiger partial charge is 0.00439 e. The van der Waals surface area contributed by atoms with Crippen molar-refractivity contribution in [1.29, 1.82) is 0 Å². The van der Waals surface area contributed by atoms with Gasteiger partial charge < -0.3 is 5.32 Å². The summed E-state index contributed by atoms with van der Waals surface area (Å²) in [4.78, 5) is 0. The van der Waals surface area contributed by atoms with E-state index in [4.69, 9.17) is 0 Å². The third-order valence-electron chi connectivity index (χ3n) is 4.52. The van der Waals surface area contributed by atoms with E-state index >= 15 is 0 Å². The van der Waals surface area contributed by atoms with Crippen molar-refractivity contribution in [3.05, 3.63) is 35.4 Å². The zero-order chi connectivity index (χ0) is 13.7. The summed E-state index contributed by atoms with van der Waals surface area (Å²) in [5.41, 5.74) is 3.67. The Morgan fingerprint density at radius 2 is 2.05 bits per heavy atom. The van der Waals surface area contributed by atoms with Gasteiger partial charge in [0.25, 0.3) is 0 Å². The third-order valence-corrected chi connectivity index (χ3v) is 4.52. The first-order valence-corrected chi connectivity index (χ1v) is 7.91. The second-order valence-electron chi connectivity index (χ2n) is 6.76. The molecule has 0 spiro atoms. The van der Waals surface area contributed by atoms with Crippen LogP contribution in [0.3, 0.4) is 0 Å². The minimum Gasteiger partial charge on any atom is -0.317 e. The molecular formula is C18H29N. The van der Waals surface area contributed by atoms with Gasteiger partial charge >= 0.3 is 0 Å². The van der Waals surface area contributed by atoms with Crippen LogP contribution in [-0.4, -0.2) is 13.1 Å². The van der Waals surface area contributed by atoms with Gasteiger partial charge in [-0.2, -0.15) is 0 Å². The second-order valence-corrected chi connectivity index (χ2v) is 6.76. The second kappa shape index (κ2) is 6.56. The van der Waals surface area contributed by atoms with Crippen LogP contribution in [0.4, 0.5) is 0 Å². The highest BCUT2D eigenvalue weighted by atomic mass is 14.8. The lowest BCUT2D eigenvalue weighted by atomic mass is 9.72. The molecule has 1 nitrogen and oxygen atoms in total. The van der Waals surface area contributed by atoms with E-state index in [2.05, 4.69) is 50.4 Å². The zero-order valence-corrected chi connectivity index (χ0v) is 12.8. The maximum absolute atomic E-state index is 3.46. The van der Waals surface area contributed by atoms with Gasteiger partial charge in [0.05, 0.1) is 0 Å². The monoisotopic (exact) mass is 259 g/mol. The molecule has 19 heavy (non-hydrogen) atoms. The molecule has 0 heterocycles. The SMILES string of the molecule is CCNCCC(C)(C)CC1CCCc2ccccc21. The summed E-state index contributed by atoms with van der Waals surface area (Å²) in [7, 11) is 0. The Balaban J connectivity index is 1.99. The molecule has 1 atom stereocenters. The molecule has 0 amide bonds. The van der Waals surface area contributed by atoms with Gasteiger partial charge in [-0.15, -0.1) is 0 Å². The highest BCUT2D eigenvalue weighted by molar-refractivity contribution is 5.32. The molecule has 1 aliphatic rings. The predicted octanol–water partition coefficient (Wildman–Crippen LogP) is 4.52. The largest absolute Gasteiger partial charge is 0.317 e. The molecule has 1 unspecified atom stereocenters. The first kappa shape index (κ1) is 14.6. The summed E-state index contributed by atoms with van der Waals surface area (Å²) >= 11 is 0. The van der Waals surface area contributed by atoms with Crippen LogP contribution in [0.2, 0.25) is 0 Å². The Kier molecular flexibility index (Phi) is 5.04. The minimum absolute atomic E-state index is 0.442. The molecular weight excluding hydrogens is 230 g/mol. The summed E-state index contributed by atoms with van der Waals surface area (Å²) in [6.07, 6.45) is 6.63. The molecule has 0 fully saturated rings. The fourth-order valence-electron chi connectivity index (χ4n) is 3.44. The lowest BCUT2D eigenvalue weighted by Gasteiger charge is -2.33. The lowest BCUT2D eigenvalue weighted by molar-refractivity contribution is 0.266. The van der Waals surface area contributed by atoms with E-state index in [1.165, 1.54) is 32.1 Å². The Morgan fingerprint density at radius 3 is 2.84 bits per heavy atom. The van der Waals surface area contributed by atoms with E-state index in [9.17, 15) is 0 Å². The maximum Gasteiger partial charge on any atom is -0.00439 e. The van der Waals surface area contributed by atoms with E-state index < -0.39 is 0 Å². The van der Waals surface area contributed by atoms with Crippen molar-refractivity contribution in [3.63, 3.8) is 0 Å². The van der Waals surface area contributed by atoms with E-state index in [0.717, 1.165) is 19.0 Å². The molecule has 106 valence electrons. The molecule has 0 radical (unpaired) electrons. The highest BCUT2D eigenvalue weighted by Crippen LogP contribution is 2.40. The van der Waals surface area contributed by atoms with Crippen LogP contribution in [0.5, 0.6) is 0 Å². The van der Waals surface area contributed by atoms with Crippen LogP contribution in [0.15, 0.2) is 24.3 Å². The van der Waals surface area contributed by atoms with Crippen molar-refractivity contribution in [3.8, 4) is 0 Å². The van der Waals surface area contributed by atoms with Gasteiger partial charge in [-0.25, -0.2) is 0 Å². The van der Waals surface area contributed by atoms with Crippen LogP contribution < -0.4 is 5.32 Å². The van der Waals surface area contributed by atoms with Gasteiger partial charge in [-0.3, -0.25) is 0 Å². The maximum atomic E-state index is 3.46. The summed E-state index contributed by atoms with van der Waals surface area (Å²) in [5.74, 6) is 0.779. The quantitative estimate of drug-likeness (QED) is 0.741. The predicted molar refractivity (Wildman–Crippen MR) is 83.7 cm³/mol. The number of hydrogen-bond donors (Lipinski definition) is 1. The molecule has 0 aromatic heterocycles. The Labute approximate surface area is 118 Å². The van der Waals surface area contributed by atoms with Crippen LogP contribution in [0.25, 0.3) is 0 Å². The fraction of sp³-hybridized carbons (Fsp3) is 0.667. The van der Waals surface area contributed by atoms with Crippen LogP contribution in [0, 0.1) is 5.41 Å².